The highest BCUT2D eigenvalue weighted by atomic mass is 35.5. The lowest BCUT2D eigenvalue weighted by atomic mass is 10.2. The smallest absolute Gasteiger partial charge is 0.191 e. The van der Waals surface area contributed by atoms with Crippen LogP contribution in [0.3, 0.4) is 0 Å². The number of hydrogen-bond acceptors (Lipinski definition) is 4. The second-order valence-electron chi connectivity index (χ2n) is 5.76. The van der Waals surface area contributed by atoms with Crippen LogP contribution >= 0.6 is 46.6 Å². The first-order valence-electron chi connectivity index (χ1n) is 7.93. The SMILES string of the molecule is CC(Oc1cc(Cl)ccc1Cl)c1nnc(SCc2ccc(F)cc2Cl)n1C. The van der Waals surface area contributed by atoms with Crippen molar-refractivity contribution >= 4 is 46.6 Å². The van der Waals surface area contributed by atoms with Crippen LogP contribution in [0, 0.1) is 5.82 Å². The van der Waals surface area contributed by atoms with Crippen LogP contribution in [0.1, 0.15) is 24.4 Å². The largest absolute Gasteiger partial charge is 0.481 e. The zero-order valence-electron chi connectivity index (χ0n) is 14.4. The predicted molar refractivity (Wildman–Crippen MR) is 107 cm³/mol. The molecule has 1 atom stereocenters. The van der Waals surface area contributed by atoms with E-state index in [1.165, 1.54) is 23.9 Å². The molecule has 0 spiro atoms. The van der Waals surface area contributed by atoms with Crippen molar-refractivity contribution in [1.82, 2.24) is 14.8 Å². The quantitative estimate of drug-likeness (QED) is 0.414. The molecule has 2 aromatic carbocycles. The van der Waals surface area contributed by atoms with Crippen LogP contribution in [0.15, 0.2) is 41.6 Å². The molecule has 0 bridgehead atoms. The fourth-order valence-corrected chi connectivity index (χ4v) is 3.96. The highest BCUT2D eigenvalue weighted by molar-refractivity contribution is 7.98. The lowest BCUT2D eigenvalue weighted by Gasteiger charge is -2.15. The van der Waals surface area contributed by atoms with Gasteiger partial charge in [0.1, 0.15) is 11.6 Å². The van der Waals surface area contributed by atoms with Crippen molar-refractivity contribution in [1.29, 1.82) is 0 Å². The first kappa shape index (κ1) is 20.3. The molecule has 9 heteroatoms. The number of benzene rings is 2. The van der Waals surface area contributed by atoms with Crippen LogP contribution in [-0.2, 0) is 12.8 Å². The van der Waals surface area contributed by atoms with Gasteiger partial charge in [0.15, 0.2) is 17.1 Å². The van der Waals surface area contributed by atoms with Crippen molar-refractivity contribution in [2.45, 2.75) is 23.9 Å². The molecule has 27 heavy (non-hydrogen) atoms. The Labute approximate surface area is 175 Å². The Balaban J connectivity index is 1.71. The van der Waals surface area contributed by atoms with E-state index < -0.39 is 0 Å². The first-order valence-corrected chi connectivity index (χ1v) is 10.0. The number of hydrogen-bond donors (Lipinski definition) is 0. The van der Waals surface area contributed by atoms with E-state index in [9.17, 15) is 4.39 Å². The summed E-state index contributed by atoms with van der Waals surface area (Å²) in [6.45, 7) is 1.85. The van der Waals surface area contributed by atoms with Gasteiger partial charge in [0.2, 0.25) is 0 Å². The van der Waals surface area contributed by atoms with E-state index in [0.29, 0.717) is 37.6 Å². The fraction of sp³-hybridized carbons (Fsp3) is 0.222. The number of halogens is 4. The monoisotopic (exact) mass is 445 g/mol. The van der Waals surface area contributed by atoms with Gasteiger partial charge in [0, 0.05) is 28.9 Å². The molecule has 142 valence electrons. The molecule has 0 aliphatic rings. The van der Waals surface area contributed by atoms with Gasteiger partial charge in [0.05, 0.1) is 5.02 Å². The predicted octanol–water partition coefficient (Wildman–Crippen LogP) is 6.35. The minimum atomic E-state index is -0.387. The van der Waals surface area contributed by atoms with Gasteiger partial charge in [-0.2, -0.15) is 0 Å². The van der Waals surface area contributed by atoms with Gasteiger partial charge in [-0.15, -0.1) is 10.2 Å². The van der Waals surface area contributed by atoms with Gasteiger partial charge in [-0.1, -0.05) is 52.6 Å². The molecular weight excluding hydrogens is 432 g/mol. The van der Waals surface area contributed by atoms with Crippen LogP contribution in [0.25, 0.3) is 0 Å². The molecule has 0 saturated heterocycles. The second kappa shape index (κ2) is 8.69. The third-order valence-electron chi connectivity index (χ3n) is 3.80. The molecule has 3 rings (SSSR count). The average Bonchev–Trinajstić information content (AvgIpc) is 2.98. The van der Waals surface area contributed by atoms with Gasteiger partial charge in [-0.3, -0.25) is 0 Å². The zero-order valence-corrected chi connectivity index (χ0v) is 17.5. The number of thioether (sulfide) groups is 1. The molecule has 1 heterocycles. The van der Waals surface area contributed by atoms with E-state index in [0.717, 1.165) is 5.56 Å². The zero-order chi connectivity index (χ0) is 19.6. The Bertz CT molecular complexity index is 967. The summed E-state index contributed by atoms with van der Waals surface area (Å²) in [5.41, 5.74) is 0.822. The summed E-state index contributed by atoms with van der Waals surface area (Å²) in [4.78, 5) is 0. The topological polar surface area (TPSA) is 39.9 Å². The van der Waals surface area contributed by atoms with Crippen molar-refractivity contribution in [3.63, 3.8) is 0 Å². The highest BCUT2D eigenvalue weighted by Crippen LogP contribution is 2.32. The molecule has 4 nitrogen and oxygen atoms in total. The molecule has 0 saturated carbocycles. The van der Waals surface area contributed by atoms with Gasteiger partial charge < -0.3 is 9.30 Å². The van der Waals surface area contributed by atoms with Crippen LogP contribution in [0.5, 0.6) is 5.75 Å². The number of ether oxygens (including phenoxy) is 1. The standard InChI is InChI=1S/C18H15Cl3FN3OS/c1-10(26-16-7-12(19)4-6-14(16)20)17-23-24-18(25(17)2)27-9-11-3-5-13(22)8-15(11)21/h3-8,10H,9H2,1-2H3. The third-order valence-corrected chi connectivity index (χ3v) is 5.77. The van der Waals surface area contributed by atoms with E-state index in [1.807, 2.05) is 18.5 Å². The molecule has 0 amide bonds. The summed E-state index contributed by atoms with van der Waals surface area (Å²) in [6.07, 6.45) is -0.387. The Kier molecular flexibility index (Phi) is 6.52. The molecule has 0 aliphatic heterocycles. The third kappa shape index (κ3) is 4.88. The van der Waals surface area contributed by atoms with E-state index in [4.69, 9.17) is 39.5 Å². The maximum atomic E-state index is 13.2. The summed E-state index contributed by atoms with van der Waals surface area (Å²) in [5.74, 6) is 1.30. The second-order valence-corrected chi connectivity index (χ2v) is 7.95. The van der Waals surface area contributed by atoms with Gasteiger partial charge in [-0.25, -0.2) is 4.39 Å². The summed E-state index contributed by atoms with van der Waals surface area (Å²) >= 11 is 19.7. The van der Waals surface area contributed by atoms with Gasteiger partial charge in [-0.05, 0) is 36.8 Å². The van der Waals surface area contributed by atoms with Crippen molar-refractivity contribution in [2.24, 2.45) is 7.05 Å². The molecular formula is C18H15Cl3FN3OS. The van der Waals surface area contributed by atoms with Gasteiger partial charge in [0.25, 0.3) is 0 Å². The maximum absolute atomic E-state index is 13.2. The lowest BCUT2D eigenvalue weighted by Crippen LogP contribution is -2.10. The summed E-state index contributed by atoms with van der Waals surface area (Å²) in [5, 5.41) is 10.5. The maximum Gasteiger partial charge on any atom is 0.191 e. The molecule has 3 aromatic rings. The van der Waals surface area contributed by atoms with Crippen LogP contribution in [0.2, 0.25) is 15.1 Å². The number of rotatable bonds is 6. The number of nitrogens with zero attached hydrogens (tertiary/aromatic N) is 3. The minimum Gasteiger partial charge on any atom is -0.481 e. The minimum absolute atomic E-state index is 0.361. The Morgan fingerprint density at radius 3 is 2.63 bits per heavy atom. The molecule has 1 aromatic heterocycles. The lowest BCUT2D eigenvalue weighted by molar-refractivity contribution is 0.211. The Morgan fingerprint density at radius 2 is 1.89 bits per heavy atom. The summed E-state index contributed by atoms with van der Waals surface area (Å²) in [7, 11) is 1.85. The summed E-state index contributed by atoms with van der Waals surface area (Å²) in [6, 6.07) is 9.37. The summed E-state index contributed by atoms with van der Waals surface area (Å²) < 4.78 is 20.9. The highest BCUT2D eigenvalue weighted by Gasteiger charge is 2.19. The van der Waals surface area contributed by atoms with Crippen LogP contribution in [-0.4, -0.2) is 14.8 Å². The van der Waals surface area contributed by atoms with Crippen molar-refractivity contribution < 1.29 is 9.13 Å². The van der Waals surface area contributed by atoms with Gasteiger partial charge >= 0.3 is 0 Å². The van der Waals surface area contributed by atoms with Crippen molar-refractivity contribution in [3.05, 3.63) is 68.7 Å². The fourth-order valence-electron chi connectivity index (χ4n) is 2.40. The Morgan fingerprint density at radius 1 is 1.11 bits per heavy atom. The normalized spacial score (nSPS) is 12.2. The molecule has 1 unspecified atom stereocenters. The molecule has 0 aliphatic carbocycles. The van der Waals surface area contributed by atoms with E-state index in [-0.39, 0.29) is 11.9 Å². The van der Waals surface area contributed by atoms with Crippen LogP contribution < -0.4 is 4.74 Å². The molecule has 0 radical (unpaired) electrons. The van der Waals surface area contributed by atoms with Crippen molar-refractivity contribution in [2.75, 3.05) is 0 Å². The van der Waals surface area contributed by atoms with Crippen molar-refractivity contribution in [3.8, 4) is 5.75 Å². The van der Waals surface area contributed by atoms with Crippen LogP contribution in [0.4, 0.5) is 4.39 Å². The van der Waals surface area contributed by atoms with E-state index in [2.05, 4.69) is 10.2 Å². The molecule has 0 N–H and O–H groups in total. The van der Waals surface area contributed by atoms with E-state index in [1.54, 1.807) is 24.3 Å². The first-order chi connectivity index (χ1) is 12.8. The molecule has 0 fully saturated rings. The average molecular weight is 447 g/mol. The number of aromatic nitrogens is 3. The Hall–Kier alpha value is -1.47. The van der Waals surface area contributed by atoms with E-state index >= 15 is 0 Å².